The van der Waals surface area contributed by atoms with Gasteiger partial charge in [-0.05, 0) is 41.5 Å². The summed E-state index contributed by atoms with van der Waals surface area (Å²) in [5, 5.41) is 6.90. The first-order valence-corrected chi connectivity index (χ1v) is 18.5. The highest BCUT2D eigenvalue weighted by Gasteiger charge is 2.23. The molecule has 4 heterocycles. The van der Waals surface area contributed by atoms with E-state index in [0.717, 1.165) is 59.8 Å². The summed E-state index contributed by atoms with van der Waals surface area (Å²) >= 11 is 3.56. The molecule has 4 nitrogen and oxygen atoms in total. The highest BCUT2D eigenvalue weighted by molar-refractivity contribution is 7.26. The van der Waals surface area contributed by atoms with Crippen LogP contribution in [0.15, 0.2) is 156 Å². The fourth-order valence-corrected chi connectivity index (χ4v) is 9.75. The Morgan fingerprint density at radius 3 is 1.86 bits per heavy atom. The molecular weight excluding hydrogens is 663 g/mol. The van der Waals surface area contributed by atoms with Crippen molar-refractivity contribution < 1.29 is 4.42 Å². The number of rotatable bonds is 4. The molecule has 0 aliphatic heterocycles. The van der Waals surface area contributed by atoms with Gasteiger partial charge in [-0.1, -0.05) is 121 Å². The van der Waals surface area contributed by atoms with E-state index >= 15 is 0 Å². The van der Waals surface area contributed by atoms with E-state index < -0.39 is 0 Å². The molecule has 51 heavy (non-hydrogen) atoms. The summed E-state index contributed by atoms with van der Waals surface area (Å²) in [6.07, 6.45) is 0. The molecule has 0 bridgehead atoms. The van der Waals surface area contributed by atoms with Crippen LogP contribution < -0.4 is 0 Å². The molecular formula is C45H25N3OS2. The zero-order valence-corrected chi connectivity index (χ0v) is 28.6. The van der Waals surface area contributed by atoms with Crippen molar-refractivity contribution in [1.82, 2.24) is 15.0 Å². The lowest BCUT2D eigenvalue weighted by molar-refractivity contribution is 0.673. The summed E-state index contributed by atoms with van der Waals surface area (Å²) in [5.74, 6) is 1.92. The van der Waals surface area contributed by atoms with Gasteiger partial charge in [0.1, 0.15) is 11.2 Å². The third kappa shape index (κ3) is 4.47. The van der Waals surface area contributed by atoms with E-state index in [1.54, 1.807) is 22.7 Å². The van der Waals surface area contributed by atoms with Gasteiger partial charge >= 0.3 is 0 Å². The van der Waals surface area contributed by atoms with Crippen molar-refractivity contribution in [3.05, 3.63) is 152 Å². The standard InChI is InChI=1S/C45H25N3OS2/c1-2-12-26(13-3-1)28-14-4-5-17-32(28)44-46-43(27-22-23-31-30-16-7-10-20-37(30)50-39(31)24-27)47-45(48-44)35-25-34-29-15-6-9-19-36(29)49-41(34)40-33-18-8-11-21-38(33)51-42(35)40/h1-25H. The van der Waals surface area contributed by atoms with Crippen molar-refractivity contribution >= 4 is 85.0 Å². The summed E-state index contributed by atoms with van der Waals surface area (Å²) in [4.78, 5) is 15.9. The van der Waals surface area contributed by atoms with E-state index in [2.05, 4.69) is 133 Å². The minimum absolute atomic E-state index is 0.636. The second-order valence-corrected chi connectivity index (χ2v) is 14.9. The average Bonchev–Trinajstić information content (AvgIpc) is 3.89. The number of aromatic nitrogens is 3. The molecule has 4 aromatic heterocycles. The molecule has 0 atom stereocenters. The lowest BCUT2D eigenvalue weighted by atomic mass is 9.99. The van der Waals surface area contributed by atoms with E-state index in [-0.39, 0.29) is 0 Å². The predicted octanol–water partition coefficient (Wildman–Crippen LogP) is 13.2. The van der Waals surface area contributed by atoms with Crippen molar-refractivity contribution in [3.8, 4) is 45.3 Å². The number of benzene rings is 7. The normalized spacial score (nSPS) is 11.9. The van der Waals surface area contributed by atoms with Gasteiger partial charge < -0.3 is 4.42 Å². The maximum absolute atomic E-state index is 6.59. The number of para-hydroxylation sites is 1. The number of furan rings is 1. The van der Waals surface area contributed by atoms with Gasteiger partial charge in [0, 0.05) is 63.1 Å². The Morgan fingerprint density at radius 1 is 0.392 bits per heavy atom. The van der Waals surface area contributed by atoms with Crippen LogP contribution >= 0.6 is 22.7 Å². The number of nitrogens with zero attached hydrogens (tertiary/aromatic N) is 3. The van der Waals surface area contributed by atoms with Crippen LogP contribution in [-0.2, 0) is 0 Å². The monoisotopic (exact) mass is 687 g/mol. The fraction of sp³-hybridized carbons (Fsp3) is 0. The molecule has 0 N–H and O–H groups in total. The largest absolute Gasteiger partial charge is 0.455 e. The molecule has 0 amide bonds. The minimum atomic E-state index is 0.636. The highest BCUT2D eigenvalue weighted by atomic mass is 32.1. The molecule has 0 fully saturated rings. The Kier molecular flexibility index (Phi) is 6.26. The fourth-order valence-electron chi connectivity index (χ4n) is 7.39. The van der Waals surface area contributed by atoms with Crippen molar-refractivity contribution in [1.29, 1.82) is 0 Å². The molecule has 11 rings (SSSR count). The van der Waals surface area contributed by atoms with Gasteiger partial charge in [-0.15, -0.1) is 22.7 Å². The van der Waals surface area contributed by atoms with Crippen LogP contribution in [0.5, 0.6) is 0 Å². The van der Waals surface area contributed by atoms with Crippen molar-refractivity contribution in [2.45, 2.75) is 0 Å². The first-order valence-electron chi connectivity index (χ1n) is 16.9. The number of hydrogen-bond acceptors (Lipinski definition) is 6. The van der Waals surface area contributed by atoms with Gasteiger partial charge in [-0.3, -0.25) is 0 Å². The number of hydrogen-bond donors (Lipinski definition) is 0. The zero-order valence-electron chi connectivity index (χ0n) is 27.0. The van der Waals surface area contributed by atoms with Crippen molar-refractivity contribution in [2.24, 2.45) is 0 Å². The minimum Gasteiger partial charge on any atom is -0.455 e. The van der Waals surface area contributed by atoms with E-state index in [4.69, 9.17) is 19.4 Å². The topological polar surface area (TPSA) is 51.8 Å². The quantitative estimate of drug-likeness (QED) is 0.185. The summed E-state index contributed by atoms with van der Waals surface area (Å²) in [7, 11) is 0. The molecule has 0 saturated heterocycles. The van der Waals surface area contributed by atoms with Gasteiger partial charge in [0.25, 0.3) is 0 Å². The third-order valence-electron chi connectivity index (χ3n) is 9.76. The number of fused-ring (bicyclic) bond motifs is 10. The third-order valence-corrected chi connectivity index (χ3v) is 12.1. The van der Waals surface area contributed by atoms with Crippen LogP contribution in [0.25, 0.3) is 108 Å². The predicted molar refractivity (Wildman–Crippen MR) is 215 cm³/mol. The molecule has 0 aliphatic rings. The van der Waals surface area contributed by atoms with Crippen LogP contribution in [0.4, 0.5) is 0 Å². The second-order valence-electron chi connectivity index (χ2n) is 12.7. The first kappa shape index (κ1) is 28.6. The molecule has 0 aliphatic carbocycles. The molecule has 6 heteroatoms. The van der Waals surface area contributed by atoms with E-state index in [9.17, 15) is 0 Å². The van der Waals surface area contributed by atoms with Crippen LogP contribution in [0, 0.1) is 0 Å². The molecule has 0 spiro atoms. The summed E-state index contributed by atoms with van der Waals surface area (Å²) in [6.45, 7) is 0. The Bertz CT molecular complexity index is 3160. The SMILES string of the molecule is c1ccc(-c2ccccc2-c2nc(-c3ccc4c(c3)sc3ccccc34)nc(-c3cc4c5ccccc5oc4c4c3sc3ccccc34)n2)cc1. The first-order chi connectivity index (χ1) is 25.3. The number of thiophene rings is 2. The maximum atomic E-state index is 6.59. The molecule has 11 aromatic rings. The maximum Gasteiger partial charge on any atom is 0.165 e. The zero-order chi connectivity index (χ0) is 33.5. The van der Waals surface area contributed by atoms with Gasteiger partial charge in [-0.25, -0.2) is 15.0 Å². The second kappa shape index (κ2) is 11.2. The molecule has 0 unspecified atom stereocenters. The molecule has 0 radical (unpaired) electrons. The molecule has 7 aromatic carbocycles. The summed E-state index contributed by atoms with van der Waals surface area (Å²) < 4.78 is 11.4. The Balaban J connectivity index is 1.23. The smallest absolute Gasteiger partial charge is 0.165 e. The van der Waals surface area contributed by atoms with Gasteiger partial charge in [-0.2, -0.15) is 0 Å². The van der Waals surface area contributed by atoms with E-state index in [1.165, 1.54) is 30.3 Å². The lowest BCUT2D eigenvalue weighted by Crippen LogP contribution is -2.01. The van der Waals surface area contributed by atoms with Crippen LogP contribution in [-0.4, -0.2) is 15.0 Å². The van der Waals surface area contributed by atoms with E-state index in [1.807, 2.05) is 18.2 Å². The Labute approximate surface area is 299 Å². The average molecular weight is 688 g/mol. The van der Waals surface area contributed by atoms with Crippen LogP contribution in [0.1, 0.15) is 0 Å². The van der Waals surface area contributed by atoms with Crippen LogP contribution in [0.2, 0.25) is 0 Å². The van der Waals surface area contributed by atoms with E-state index in [0.29, 0.717) is 17.5 Å². The van der Waals surface area contributed by atoms with Crippen molar-refractivity contribution in [3.63, 3.8) is 0 Å². The Hall–Kier alpha value is -6.21. The van der Waals surface area contributed by atoms with Crippen LogP contribution in [0.3, 0.4) is 0 Å². The highest BCUT2D eigenvalue weighted by Crippen LogP contribution is 2.46. The molecule has 0 saturated carbocycles. The summed E-state index contributed by atoms with van der Waals surface area (Å²) in [5.41, 5.74) is 6.83. The van der Waals surface area contributed by atoms with Crippen molar-refractivity contribution in [2.75, 3.05) is 0 Å². The van der Waals surface area contributed by atoms with Gasteiger partial charge in [0.05, 0.1) is 4.70 Å². The summed E-state index contributed by atoms with van der Waals surface area (Å²) in [6, 6.07) is 53.0. The van der Waals surface area contributed by atoms with Gasteiger partial charge in [0.15, 0.2) is 17.5 Å². The Morgan fingerprint density at radius 2 is 1.02 bits per heavy atom. The lowest BCUT2D eigenvalue weighted by Gasteiger charge is -2.12. The van der Waals surface area contributed by atoms with Gasteiger partial charge in [0.2, 0.25) is 0 Å². The molecule has 238 valence electrons.